The minimum Gasteiger partial charge on any atom is -0.455 e. The summed E-state index contributed by atoms with van der Waals surface area (Å²) in [5.41, 5.74) is 7.60. The number of furan rings is 1. The van der Waals surface area contributed by atoms with Gasteiger partial charge in [0.1, 0.15) is 5.76 Å². The number of anilines is 1. The molecule has 2 aromatic rings. The number of nitrogens with zero attached hydrogens (tertiary/aromatic N) is 1. The average Bonchev–Trinajstić information content (AvgIpc) is 2.94. The molecule has 0 radical (unpaired) electrons. The number of nitrogens with one attached hydrogen (secondary N) is 1. The van der Waals surface area contributed by atoms with Gasteiger partial charge in [-0.3, -0.25) is 4.79 Å². The Morgan fingerprint density at radius 1 is 1.20 bits per heavy atom. The van der Waals surface area contributed by atoms with Crippen LogP contribution in [0, 0.1) is 0 Å². The number of hydrogen-bond donors (Lipinski definition) is 2. The Morgan fingerprint density at radius 3 is 2.45 bits per heavy atom. The summed E-state index contributed by atoms with van der Waals surface area (Å²) >= 11 is 0. The van der Waals surface area contributed by atoms with E-state index in [0.29, 0.717) is 18.8 Å². The van der Waals surface area contributed by atoms with E-state index < -0.39 is 0 Å². The van der Waals surface area contributed by atoms with E-state index in [9.17, 15) is 4.79 Å². The zero-order valence-electron chi connectivity index (χ0n) is 11.7. The van der Waals surface area contributed by atoms with E-state index in [2.05, 4.69) is 5.32 Å². The van der Waals surface area contributed by atoms with Crippen molar-refractivity contribution in [3.05, 3.63) is 53.5 Å². The third-order valence-electron chi connectivity index (χ3n) is 2.99. The van der Waals surface area contributed by atoms with Crippen LogP contribution in [0.4, 0.5) is 5.69 Å². The van der Waals surface area contributed by atoms with Crippen molar-refractivity contribution in [1.82, 2.24) is 5.32 Å². The molecule has 1 heterocycles. The maximum atomic E-state index is 11.9. The van der Waals surface area contributed by atoms with E-state index in [-0.39, 0.29) is 11.7 Å². The standard InChI is InChI=1S/C15H19N3O2/c1-18(2)12-5-3-11(4-6-12)10-17-15(19)14-8-7-13(9-16)20-14/h3-8H,9-10,16H2,1-2H3,(H,17,19). The summed E-state index contributed by atoms with van der Waals surface area (Å²) in [5, 5.41) is 2.81. The second-order valence-electron chi connectivity index (χ2n) is 4.71. The Balaban J connectivity index is 1.92. The summed E-state index contributed by atoms with van der Waals surface area (Å²) in [4.78, 5) is 13.9. The number of carbonyl (C=O) groups excluding carboxylic acids is 1. The molecule has 1 amide bonds. The Morgan fingerprint density at radius 2 is 1.90 bits per heavy atom. The average molecular weight is 273 g/mol. The zero-order chi connectivity index (χ0) is 14.5. The molecule has 106 valence electrons. The molecule has 0 aliphatic heterocycles. The number of carbonyl (C=O) groups is 1. The predicted octanol–water partition coefficient (Wildman–Crippen LogP) is 1.73. The molecule has 0 saturated heterocycles. The molecule has 2 rings (SSSR count). The Hall–Kier alpha value is -2.27. The molecule has 0 aliphatic carbocycles. The van der Waals surface area contributed by atoms with Crippen LogP contribution in [0.2, 0.25) is 0 Å². The lowest BCUT2D eigenvalue weighted by Crippen LogP contribution is -2.22. The molecule has 5 heteroatoms. The highest BCUT2D eigenvalue weighted by Gasteiger charge is 2.10. The van der Waals surface area contributed by atoms with Crippen molar-refractivity contribution >= 4 is 11.6 Å². The van der Waals surface area contributed by atoms with Crippen molar-refractivity contribution in [3.8, 4) is 0 Å². The van der Waals surface area contributed by atoms with Gasteiger partial charge in [0, 0.05) is 26.3 Å². The molecule has 3 N–H and O–H groups in total. The zero-order valence-corrected chi connectivity index (χ0v) is 11.7. The number of hydrogen-bond acceptors (Lipinski definition) is 4. The highest BCUT2D eigenvalue weighted by atomic mass is 16.4. The van der Waals surface area contributed by atoms with Gasteiger partial charge in [-0.05, 0) is 29.8 Å². The number of benzene rings is 1. The van der Waals surface area contributed by atoms with Crippen LogP contribution in [0.15, 0.2) is 40.8 Å². The van der Waals surface area contributed by atoms with Crippen LogP contribution in [0.3, 0.4) is 0 Å². The largest absolute Gasteiger partial charge is 0.455 e. The van der Waals surface area contributed by atoms with Crippen molar-refractivity contribution < 1.29 is 9.21 Å². The van der Waals surface area contributed by atoms with Crippen LogP contribution in [-0.2, 0) is 13.1 Å². The van der Waals surface area contributed by atoms with E-state index in [1.165, 1.54) is 0 Å². The first-order valence-electron chi connectivity index (χ1n) is 6.43. The molecule has 0 fully saturated rings. The molecule has 0 aliphatic rings. The van der Waals surface area contributed by atoms with Crippen molar-refractivity contribution in [3.63, 3.8) is 0 Å². The van der Waals surface area contributed by atoms with Gasteiger partial charge in [0.25, 0.3) is 5.91 Å². The molecule has 0 unspecified atom stereocenters. The van der Waals surface area contributed by atoms with Gasteiger partial charge in [0.05, 0.1) is 6.54 Å². The second-order valence-corrected chi connectivity index (χ2v) is 4.71. The highest BCUT2D eigenvalue weighted by molar-refractivity contribution is 5.91. The van der Waals surface area contributed by atoms with Gasteiger partial charge in [-0.2, -0.15) is 0 Å². The molecule has 0 atom stereocenters. The maximum Gasteiger partial charge on any atom is 0.287 e. The van der Waals surface area contributed by atoms with Crippen molar-refractivity contribution in [2.75, 3.05) is 19.0 Å². The van der Waals surface area contributed by atoms with Gasteiger partial charge in [-0.15, -0.1) is 0 Å². The summed E-state index contributed by atoms with van der Waals surface area (Å²) < 4.78 is 5.29. The monoisotopic (exact) mass is 273 g/mol. The van der Waals surface area contributed by atoms with Gasteiger partial charge >= 0.3 is 0 Å². The van der Waals surface area contributed by atoms with Gasteiger partial charge in [-0.25, -0.2) is 0 Å². The summed E-state index contributed by atoms with van der Waals surface area (Å²) in [6.07, 6.45) is 0. The number of nitrogens with two attached hydrogens (primary N) is 1. The van der Waals surface area contributed by atoms with Gasteiger partial charge in [0.15, 0.2) is 5.76 Å². The molecular weight excluding hydrogens is 254 g/mol. The number of rotatable bonds is 5. The summed E-state index contributed by atoms with van der Waals surface area (Å²) in [5.74, 6) is 0.655. The van der Waals surface area contributed by atoms with E-state index in [1.54, 1.807) is 12.1 Å². The normalized spacial score (nSPS) is 10.3. The van der Waals surface area contributed by atoms with Gasteiger partial charge < -0.3 is 20.4 Å². The van der Waals surface area contributed by atoms with E-state index in [4.69, 9.17) is 10.2 Å². The fourth-order valence-electron chi connectivity index (χ4n) is 1.79. The lowest BCUT2D eigenvalue weighted by atomic mass is 10.2. The predicted molar refractivity (Wildman–Crippen MR) is 78.5 cm³/mol. The van der Waals surface area contributed by atoms with E-state index in [0.717, 1.165) is 11.3 Å². The fourth-order valence-corrected chi connectivity index (χ4v) is 1.79. The Kier molecular flexibility index (Phi) is 4.42. The minimum atomic E-state index is -0.235. The van der Waals surface area contributed by atoms with Crippen LogP contribution in [-0.4, -0.2) is 20.0 Å². The highest BCUT2D eigenvalue weighted by Crippen LogP contribution is 2.12. The topological polar surface area (TPSA) is 71.5 Å². The third-order valence-corrected chi connectivity index (χ3v) is 2.99. The molecule has 1 aromatic heterocycles. The summed E-state index contributed by atoms with van der Waals surface area (Å²) in [7, 11) is 3.98. The first-order valence-corrected chi connectivity index (χ1v) is 6.43. The molecule has 0 bridgehead atoms. The first-order chi connectivity index (χ1) is 9.60. The van der Waals surface area contributed by atoms with Crippen LogP contribution in [0.1, 0.15) is 21.9 Å². The van der Waals surface area contributed by atoms with Crippen LogP contribution < -0.4 is 16.0 Å². The fraction of sp³-hybridized carbons (Fsp3) is 0.267. The quantitative estimate of drug-likeness (QED) is 0.870. The lowest BCUT2D eigenvalue weighted by Gasteiger charge is -2.12. The Bertz CT molecular complexity index is 573. The SMILES string of the molecule is CN(C)c1ccc(CNC(=O)c2ccc(CN)o2)cc1. The molecule has 5 nitrogen and oxygen atoms in total. The first kappa shape index (κ1) is 14.1. The minimum absolute atomic E-state index is 0.235. The molecular formula is C15H19N3O2. The van der Waals surface area contributed by atoms with Crippen LogP contribution >= 0.6 is 0 Å². The van der Waals surface area contributed by atoms with Crippen molar-refractivity contribution in [2.45, 2.75) is 13.1 Å². The van der Waals surface area contributed by atoms with Gasteiger partial charge in [0.2, 0.25) is 0 Å². The molecule has 20 heavy (non-hydrogen) atoms. The van der Waals surface area contributed by atoms with Crippen LogP contribution in [0.25, 0.3) is 0 Å². The van der Waals surface area contributed by atoms with Crippen molar-refractivity contribution in [1.29, 1.82) is 0 Å². The van der Waals surface area contributed by atoms with Crippen LogP contribution in [0.5, 0.6) is 0 Å². The molecule has 1 aromatic carbocycles. The van der Waals surface area contributed by atoms with E-state index in [1.807, 2.05) is 43.3 Å². The lowest BCUT2D eigenvalue weighted by molar-refractivity contribution is 0.0921. The summed E-state index contributed by atoms with van der Waals surface area (Å²) in [6, 6.07) is 11.3. The van der Waals surface area contributed by atoms with Crippen molar-refractivity contribution in [2.24, 2.45) is 5.73 Å². The Labute approximate surface area is 118 Å². The second kappa shape index (κ2) is 6.25. The van der Waals surface area contributed by atoms with E-state index >= 15 is 0 Å². The summed E-state index contributed by atoms with van der Waals surface area (Å²) in [6.45, 7) is 0.754. The maximum absolute atomic E-state index is 11.9. The smallest absolute Gasteiger partial charge is 0.287 e. The number of amides is 1. The molecule has 0 saturated carbocycles. The third kappa shape index (κ3) is 3.39. The molecule has 0 spiro atoms. The van der Waals surface area contributed by atoms with Gasteiger partial charge in [-0.1, -0.05) is 12.1 Å².